The number of rotatable bonds is 13. The number of carbonyl (C=O) groups is 2. The Kier molecular flexibility index (Phi) is 11.0. The third-order valence-electron chi connectivity index (χ3n) is 5.55. The molecule has 1 N–H and O–H groups in total. The third kappa shape index (κ3) is 8.28. The largest absolute Gasteiger partial charge is 0.497 e. The van der Waals surface area contributed by atoms with Crippen molar-refractivity contribution in [2.45, 2.75) is 65.1 Å². The van der Waals surface area contributed by atoms with Crippen molar-refractivity contribution in [2.75, 3.05) is 13.7 Å². The number of hydrogen-bond acceptors (Lipinski definition) is 4. The number of ether oxygens (including phenoxy) is 2. The molecule has 0 radical (unpaired) electrons. The molecule has 0 unspecified atom stereocenters. The van der Waals surface area contributed by atoms with Crippen molar-refractivity contribution in [3.05, 3.63) is 59.1 Å². The molecule has 6 nitrogen and oxygen atoms in total. The lowest BCUT2D eigenvalue weighted by atomic mass is 10.1. The highest BCUT2D eigenvalue weighted by Crippen LogP contribution is 2.21. The van der Waals surface area contributed by atoms with Crippen LogP contribution in [0, 0.1) is 0 Å². The van der Waals surface area contributed by atoms with Crippen LogP contribution in [0.1, 0.15) is 52.0 Å². The Morgan fingerprint density at radius 1 is 1.03 bits per heavy atom. The summed E-state index contributed by atoms with van der Waals surface area (Å²) in [6.07, 6.45) is 2.14. The van der Waals surface area contributed by atoms with Crippen LogP contribution in [0.2, 0.25) is 5.02 Å². The van der Waals surface area contributed by atoms with E-state index < -0.39 is 6.04 Å². The molecule has 0 heterocycles. The molecule has 33 heavy (non-hydrogen) atoms. The summed E-state index contributed by atoms with van der Waals surface area (Å²) in [6.45, 7) is 6.57. The van der Waals surface area contributed by atoms with Crippen molar-refractivity contribution in [1.29, 1.82) is 0 Å². The van der Waals surface area contributed by atoms with Gasteiger partial charge in [0.25, 0.3) is 0 Å². The molecule has 0 saturated carbocycles. The van der Waals surface area contributed by atoms with E-state index in [0.717, 1.165) is 23.5 Å². The Bertz CT molecular complexity index is 888. The van der Waals surface area contributed by atoms with Crippen molar-refractivity contribution >= 4 is 23.4 Å². The summed E-state index contributed by atoms with van der Waals surface area (Å²) in [5.74, 6) is 1.24. The van der Waals surface area contributed by atoms with Crippen LogP contribution in [0.5, 0.6) is 11.5 Å². The number of amides is 2. The van der Waals surface area contributed by atoms with E-state index in [2.05, 4.69) is 5.32 Å². The highest BCUT2D eigenvalue weighted by Gasteiger charge is 2.29. The minimum Gasteiger partial charge on any atom is -0.497 e. The second-order valence-corrected chi connectivity index (χ2v) is 8.39. The highest BCUT2D eigenvalue weighted by atomic mass is 35.5. The number of carbonyl (C=O) groups excluding carboxylic acids is 2. The molecule has 0 aliphatic heterocycles. The first-order chi connectivity index (χ1) is 15.9. The molecule has 2 amide bonds. The number of nitrogens with one attached hydrogen (secondary N) is 1. The Hall–Kier alpha value is -2.73. The fourth-order valence-electron chi connectivity index (χ4n) is 3.40. The molecule has 0 aliphatic rings. The van der Waals surface area contributed by atoms with E-state index in [1.54, 1.807) is 18.1 Å². The van der Waals surface area contributed by atoms with Crippen molar-refractivity contribution in [1.82, 2.24) is 10.2 Å². The molecule has 0 fully saturated rings. The topological polar surface area (TPSA) is 67.9 Å². The van der Waals surface area contributed by atoms with Gasteiger partial charge in [-0.05, 0) is 62.1 Å². The molecular formula is C26H35ClN2O4. The lowest BCUT2D eigenvalue weighted by Crippen LogP contribution is -2.50. The average molecular weight is 475 g/mol. The molecular weight excluding hydrogens is 440 g/mol. The van der Waals surface area contributed by atoms with E-state index in [4.69, 9.17) is 21.1 Å². The first kappa shape index (κ1) is 26.5. The SMILES string of the molecule is CC[C@@H](C)NC(=O)[C@H](CC)N(Cc1ccccc1Cl)C(=O)CCCOc1ccc(OC)cc1. The van der Waals surface area contributed by atoms with Gasteiger partial charge in [0.05, 0.1) is 13.7 Å². The number of hydrogen-bond donors (Lipinski definition) is 1. The molecule has 0 spiro atoms. The van der Waals surface area contributed by atoms with Gasteiger partial charge in [0, 0.05) is 24.0 Å². The Balaban J connectivity index is 2.06. The van der Waals surface area contributed by atoms with Gasteiger partial charge in [-0.3, -0.25) is 9.59 Å². The van der Waals surface area contributed by atoms with Gasteiger partial charge in [0.15, 0.2) is 0 Å². The Morgan fingerprint density at radius 2 is 1.70 bits per heavy atom. The standard InChI is InChI=1S/C26H35ClN2O4/c1-5-19(3)28-26(31)24(6-2)29(18-20-10-7-8-11-23(20)27)25(30)12-9-17-33-22-15-13-21(32-4)14-16-22/h7-8,10-11,13-16,19,24H,5-6,9,12,17-18H2,1-4H3,(H,28,31)/t19-,24+/m1/s1. The van der Waals surface area contributed by atoms with Crippen LogP contribution >= 0.6 is 11.6 Å². The number of methoxy groups -OCH3 is 1. The van der Waals surface area contributed by atoms with Crippen LogP contribution in [0.4, 0.5) is 0 Å². The molecule has 0 aromatic heterocycles. The van der Waals surface area contributed by atoms with Crippen LogP contribution in [-0.4, -0.2) is 42.5 Å². The molecule has 0 saturated heterocycles. The van der Waals surface area contributed by atoms with Gasteiger partial charge in [0.2, 0.25) is 11.8 Å². The second kappa shape index (κ2) is 13.7. The van der Waals surface area contributed by atoms with Gasteiger partial charge < -0.3 is 19.7 Å². The summed E-state index contributed by atoms with van der Waals surface area (Å²) in [5, 5.41) is 3.59. The van der Waals surface area contributed by atoms with Gasteiger partial charge in [-0.2, -0.15) is 0 Å². The molecule has 0 aliphatic carbocycles. The van der Waals surface area contributed by atoms with Crippen molar-refractivity contribution in [2.24, 2.45) is 0 Å². The maximum absolute atomic E-state index is 13.2. The monoisotopic (exact) mass is 474 g/mol. The lowest BCUT2D eigenvalue weighted by Gasteiger charge is -2.31. The van der Waals surface area contributed by atoms with Crippen LogP contribution in [0.25, 0.3) is 0 Å². The maximum atomic E-state index is 13.2. The molecule has 7 heteroatoms. The fraction of sp³-hybridized carbons (Fsp3) is 0.462. The highest BCUT2D eigenvalue weighted by molar-refractivity contribution is 6.31. The van der Waals surface area contributed by atoms with Gasteiger partial charge in [-0.1, -0.05) is 43.6 Å². The lowest BCUT2D eigenvalue weighted by molar-refractivity contribution is -0.141. The van der Waals surface area contributed by atoms with Crippen LogP contribution in [-0.2, 0) is 16.1 Å². The smallest absolute Gasteiger partial charge is 0.243 e. The van der Waals surface area contributed by atoms with Crippen molar-refractivity contribution in [3.8, 4) is 11.5 Å². The first-order valence-corrected chi connectivity index (χ1v) is 11.9. The molecule has 180 valence electrons. The average Bonchev–Trinajstić information content (AvgIpc) is 2.83. The fourth-order valence-corrected chi connectivity index (χ4v) is 3.60. The summed E-state index contributed by atoms with van der Waals surface area (Å²) in [4.78, 5) is 27.8. The van der Waals surface area contributed by atoms with Gasteiger partial charge >= 0.3 is 0 Å². The van der Waals surface area contributed by atoms with Crippen LogP contribution < -0.4 is 14.8 Å². The zero-order valence-electron chi connectivity index (χ0n) is 20.0. The molecule has 0 bridgehead atoms. The van der Waals surface area contributed by atoms with Gasteiger partial charge in [-0.25, -0.2) is 0 Å². The normalized spacial score (nSPS) is 12.5. The molecule has 2 aromatic rings. The van der Waals surface area contributed by atoms with Crippen molar-refractivity contribution < 1.29 is 19.1 Å². The number of nitrogens with zero attached hydrogens (tertiary/aromatic N) is 1. The summed E-state index contributed by atoms with van der Waals surface area (Å²) >= 11 is 6.36. The van der Waals surface area contributed by atoms with E-state index in [9.17, 15) is 9.59 Å². The molecule has 2 rings (SSSR count). The Morgan fingerprint density at radius 3 is 2.30 bits per heavy atom. The van der Waals surface area contributed by atoms with E-state index in [0.29, 0.717) is 24.5 Å². The van der Waals surface area contributed by atoms with Crippen LogP contribution in [0.3, 0.4) is 0 Å². The zero-order chi connectivity index (χ0) is 24.2. The second-order valence-electron chi connectivity index (χ2n) is 7.98. The number of halogens is 1. The van der Waals surface area contributed by atoms with E-state index in [1.807, 2.05) is 63.2 Å². The predicted molar refractivity (Wildman–Crippen MR) is 132 cm³/mol. The zero-order valence-corrected chi connectivity index (χ0v) is 20.7. The van der Waals surface area contributed by atoms with Gasteiger partial charge in [0.1, 0.15) is 17.5 Å². The van der Waals surface area contributed by atoms with E-state index in [1.165, 1.54) is 0 Å². The summed E-state index contributed by atoms with van der Waals surface area (Å²) in [5.41, 5.74) is 0.816. The summed E-state index contributed by atoms with van der Waals surface area (Å²) < 4.78 is 10.9. The van der Waals surface area contributed by atoms with Crippen molar-refractivity contribution in [3.63, 3.8) is 0 Å². The van der Waals surface area contributed by atoms with E-state index in [-0.39, 0.29) is 30.8 Å². The number of benzene rings is 2. The van der Waals surface area contributed by atoms with E-state index >= 15 is 0 Å². The van der Waals surface area contributed by atoms with Crippen LogP contribution in [0.15, 0.2) is 48.5 Å². The summed E-state index contributed by atoms with van der Waals surface area (Å²) in [6, 6.07) is 14.2. The quantitative estimate of drug-likeness (QED) is 0.403. The predicted octanol–water partition coefficient (Wildman–Crippen LogP) is 5.23. The minimum absolute atomic E-state index is 0.0433. The molecule has 2 aromatic carbocycles. The Labute approximate surface area is 202 Å². The van der Waals surface area contributed by atoms with Gasteiger partial charge in [-0.15, -0.1) is 0 Å². The maximum Gasteiger partial charge on any atom is 0.243 e. The summed E-state index contributed by atoms with van der Waals surface area (Å²) in [7, 11) is 1.61. The minimum atomic E-state index is -0.565. The first-order valence-electron chi connectivity index (χ1n) is 11.5. The molecule has 2 atom stereocenters. The third-order valence-corrected chi connectivity index (χ3v) is 5.92.